The maximum absolute atomic E-state index is 11.6. The van der Waals surface area contributed by atoms with E-state index >= 15 is 0 Å². The van der Waals surface area contributed by atoms with Crippen molar-refractivity contribution in [2.45, 2.75) is 12.8 Å². The average Bonchev–Trinajstić information content (AvgIpc) is 2.52. The second-order valence-corrected chi connectivity index (χ2v) is 4.80. The van der Waals surface area contributed by atoms with Gasteiger partial charge in [-0.2, -0.15) is 0 Å². The minimum Gasteiger partial charge on any atom is -0.484 e. The van der Waals surface area contributed by atoms with Crippen molar-refractivity contribution in [2.75, 3.05) is 18.9 Å². The molecule has 0 aliphatic rings. The van der Waals surface area contributed by atoms with Crippen LogP contribution in [0.3, 0.4) is 0 Å². The molecule has 0 unspecified atom stereocenters. The minimum absolute atomic E-state index is 0.0231. The lowest BCUT2D eigenvalue weighted by Gasteiger charge is -2.07. The number of nitrogens with one attached hydrogen (secondary N) is 1. The maximum Gasteiger partial charge on any atom is 0.257 e. The van der Waals surface area contributed by atoms with Crippen LogP contribution in [0.4, 0.5) is 5.69 Å². The van der Waals surface area contributed by atoms with E-state index in [0.717, 1.165) is 12.8 Å². The van der Waals surface area contributed by atoms with Crippen LogP contribution >= 0.6 is 0 Å². The first kappa shape index (κ1) is 14.9. The summed E-state index contributed by atoms with van der Waals surface area (Å²) in [5.74, 6) is 0.531. The lowest BCUT2D eigenvalue weighted by Crippen LogP contribution is -2.29. The van der Waals surface area contributed by atoms with Crippen molar-refractivity contribution in [1.29, 1.82) is 0 Å². The third-order valence-corrected chi connectivity index (χ3v) is 3.06. The van der Waals surface area contributed by atoms with E-state index in [2.05, 4.69) is 17.4 Å². The number of aryl methyl sites for hydroxylation is 1. The molecule has 0 saturated heterocycles. The first-order valence-corrected chi connectivity index (χ1v) is 7.03. The van der Waals surface area contributed by atoms with E-state index in [4.69, 9.17) is 10.5 Å². The SMILES string of the molecule is Nc1ccc(OCC(=O)NCCCc2ccccc2)cc1. The standard InChI is InChI=1S/C17H20N2O2/c18-15-8-10-16(11-9-15)21-13-17(20)19-12-4-7-14-5-2-1-3-6-14/h1-3,5-6,8-11H,4,7,12-13,18H2,(H,19,20). The first-order valence-electron chi connectivity index (χ1n) is 7.03. The molecule has 0 saturated carbocycles. The summed E-state index contributed by atoms with van der Waals surface area (Å²) >= 11 is 0. The quantitative estimate of drug-likeness (QED) is 0.606. The second-order valence-electron chi connectivity index (χ2n) is 4.80. The zero-order valence-electron chi connectivity index (χ0n) is 11.9. The molecule has 0 radical (unpaired) electrons. The van der Waals surface area contributed by atoms with Crippen molar-refractivity contribution in [3.63, 3.8) is 0 Å². The molecule has 4 nitrogen and oxygen atoms in total. The van der Waals surface area contributed by atoms with E-state index < -0.39 is 0 Å². The molecule has 0 spiro atoms. The topological polar surface area (TPSA) is 64.3 Å². The summed E-state index contributed by atoms with van der Waals surface area (Å²) in [4.78, 5) is 11.6. The van der Waals surface area contributed by atoms with Crippen molar-refractivity contribution in [1.82, 2.24) is 5.32 Å². The molecule has 1 amide bonds. The number of carbonyl (C=O) groups is 1. The lowest BCUT2D eigenvalue weighted by atomic mass is 10.1. The van der Waals surface area contributed by atoms with Crippen molar-refractivity contribution in [3.05, 3.63) is 60.2 Å². The largest absolute Gasteiger partial charge is 0.484 e. The van der Waals surface area contributed by atoms with E-state index in [1.54, 1.807) is 24.3 Å². The maximum atomic E-state index is 11.6. The van der Waals surface area contributed by atoms with Gasteiger partial charge in [0.2, 0.25) is 0 Å². The van der Waals surface area contributed by atoms with Crippen LogP contribution in [0, 0.1) is 0 Å². The number of amides is 1. The fourth-order valence-corrected chi connectivity index (χ4v) is 1.93. The average molecular weight is 284 g/mol. The summed E-state index contributed by atoms with van der Waals surface area (Å²) < 4.78 is 5.37. The highest BCUT2D eigenvalue weighted by atomic mass is 16.5. The molecule has 2 aromatic carbocycles. The van der Waals surface area contributed by atoms with Gasteiger partial charge in [-0.15, -0.1) is 0 Å². The highest BCUT2D eigenvalue weighted by molar-refractivity contribution is 5.77. The Kier molecular flexibility index (Phi) is 5.64. The van der Waals surface area contributed by atoms with Gasteiger partial charge in [-0.25, -0.2) is 0 Å². The fraction of sp³-hybridized carbons (Fsp3) is 0.235. The van der Waals surface area contributed by atoms with Gasteiger partial charge in [0.15, 0.2) is 6.61 Å². The summed E-state index contributed by atoms with van der Waals surface area (Å²) in [6.45, 7) is 0.675. The van der Waals surface area contributed by atoms with Crippen molar-refractivity contribution in [2.24, 2.45) is 0 Å². The van der Waals surface area contributed by atoms with Gasteiger partial charge in [0.25, 0.3) is 5.91 Å². The number of hydrogen-bond acceptors (Lipinski definition) is 3. The molecule has 4 heteroatoms. The van der Waals surface area contributed by atoms with Crippen LogP contribution in [0.5, 0.6) is 5.75 Å². The summed E-state index contributed by atoms with van der Waals surface area (Å²) in [7, 11) is 0. The zero-order chi connectivity index (χ0) is 14.9. The summed E-state index contributed by atoms with van der Waals surface area (Å²) in [5, 5.41) is 2.85. The fourth-order valence-electron chi connectivity index (χ4n) is 1.93. The molecule has 110 valence electrons. The van der Waals surface area contributed by atoms with E-state index in [1.807, 2.05) is 18.2 Å². The Morgan fingerprint density at radius 3 is 2.48 bits per heavy atom. The van der Waals surface area contributed by atoms with Crippen LogP contribution < -0.4 is 15.8 Å². The lowest BCUT2D eigenvalue weighted by molar-refractivity contribution is -0.123. The van der Waals surface area contributed by atoms with Crippen LogP contribution in [-0.4, -0.2) is 19.1 Å². The smallest absolute Gasteiger partial charge is 0.257 e. The Bertz CT molecular complexity index is 553. The molecule has 3 N–H and O–H groups in total. The predicted molar refractivity (Wildman–Crippen MR) is 84.1 cm³/mol. The van der Waals surface area contributed by atoms with Gasteiger partial charge in [-0.1, -0.05) is 30.3 Å². The number of benzene rings is 2. The third kappa shape index (κ3) is 5.57. The van der Waals surface area contributed by atoms with Gasteiger partial charge in [-0.3, -0.25) is 4.79 Å². The van der Waals surface area contributed by atoms with Crippen LogP contribution in [0.2, 0.25) is 0 Å². The van der Waals surface area contributed by atoms with Gasteiger partial charge in [0.1, 0.15) is 5.75 Å². The number of anilines is 1. The molecule has 0 aromatic heterocycles. The van der Waals surface area contributed by atoms with Crippen LogP contribution in [0.1, 0.15) is 12.0 Å². The highest BCUT2D eigenvalue weighted by Crippen LogP contribution is 2.12. The van der Waals surface area contributed by atoms with Crippen molar-refractivity contribution < 1.29 is 9.53 Å². The van der Waals surface area contributed by atoms with Crippen LogP contribution in [0.25, 0.3) is 0 Å². The van der Waals surface area contributed by atoms with E-state index in [-0.39, 0.29) is 12.5 Å². The van der Waals surface area contributed by atoms with E-state index in [0.29, 0.717) is 18.0 Å². The molecule has 0 atom stereocenters. The Morgan fingerprint density at radius 2 is 1.76 bits per heavy atom. The van der Waals surface area contributed by atoms with Gasteiger partial charge in [0.05, 0.1) is 0 Å². The van der Waals surface area contributed by atoms with Gasteiger partial charge in [0, 0.05) is 12.2 Å². The first-order chi connectivity index (χ1) is 10.2. The van der Waals surface area contributed by atoms with Gasteiger partial charge >= 0.3 is 0 Å². The third-order valence-electron chi connectivity index (χ3n) is 3.06. The molecular formula is C17H20N2O2. The number of nitrogens with two attached hydrogens (primary N) is 1. The predicted octanol–water partition coefficient (Wildman–Crippen LogP) is 2.40. The number of nitrogen functional groups attached to an aromatic ring is 1. The van der Waals surface area contributed by atoms with E-state index in [1.165, 1.54) is 5.56 Å². The molecule has 21 heavy (non-hydrogen) atoms. The highest BCUT2D eigenvalue weighted by Gasteiger charge is 2.02. The number of rotatable bonds is 7. The summed E-state index contributed by atoms with van der Waals surface area (Å²) in [6, 6.07) is 17.2. The van der Waals surface area contributed by atoms with Gasteiger partial charge in [-0.05, 0) is 42.7 Å². The second kappa shape index (κ2) is 7.94. The molecule has 0 aliphatic carbocycles. The number of carbonyl (C=O) groups excluding carboxylic acids is 1. The summed E-state index contributed by atoms with van der Waals surface area (Å²) in [6.07, 6.45) is 1.87. The Balaban J connectivity index is 1.60. The minimum atomic E-state index is -0.111. The van der Waals surface area contributed by atoms with Crippen LogP contribution in [0.15, 0.2) is 54.6 Å². The van der Waals surface area contributed by atoms with E-state index in [9.17, 15) is 4.79 Å². The van der Waals surface area contributed by atoms with Crippen molar-refractivity contribution in [3.8, 4) is 5.75 Å². The van der Waals surface area contributed by atoms with Crippen LogP contribution in [-0.2, 0) is 11.2 Å². The molecular weight excluding hydrogens is 264 g/mol. The molecule has 0 bridgehead atoms. The monoisotopic (exact) mass is 284 g/mol. The number of hydrogen-bond donors (Lipinski definition) is 2. The number of ether oxygens (including phenoxy) is 1. The molecule has 2 rings (SSSR count). The Labute approximate surface area is 124 Å². The Morgan fingerprint density at radius 1 is 1.05 bits per heavy atom. The Hall–Kier alpha value is -2.49. The molecule has 0 fully saturated rings. The zero-order valence-corrected chi connectivity index (χ0v) is 11.9. The normalized spacial score (nSPS) is 10.1. The van der Waals surface area contributed by atoms with Gasteiger partial charge < -0.3 is 15.8 Å². The van der Waals surface area contributed by atoms with Crippen molar-refractivity contribution >= 4 is 11.6 Å². The molecule has 0 heterocycles. The summed E-state index contributed by atoms with van der Waals surface area (Å²) in [5.41, 5.74) is 7.53. The molecule has 2 aromatic rings. The molecule has 0 aliphatic heterocycles.